The number of Topliss-reactive ketones (excluding diaryl/α,β-unsaturated/α-hetero) is 1. The van der Waals surface area contributed by atoms with Gasteiger partial charge in [-0.05, 0) is 6.92 Å². The van der Waals surface area contributed by atoms with Crippen LogP contribution in [0.25, 0.3) is 10.9 Å². The largest absolute Gasteiger partial charge is 0.497 e. The molecule has 0 bridgehead atoms. The lowest BCUT2D eigenvalue weighted by Crippen LogP contribution is -2.00. The monoisotopic (exact) mass is 263 g/mol. The van der Waals surface area contributed by atoms with Crippen LogP contribution in [0.2, 0.25) is 0 Å². The molecule has 5 nitrogen and oxygen atoms in total. The summed E-state index contributed by atoms with van der Waals surface area (Å²) >= 11 is 0. The molecule has 5 heteroatoms. The van der Waals surface area contributed by atoms with Crippen LogP contribution < -0.4 is 9.47 Å². The number of hydrogen-bond donors (Lipinski definition) is 1. The second-order valence-corrected chi connectivity index (χ2v) is 4.24. The topological polar surface area (TPSA) is 60.7 Å². The standard InChI is InChI=1S/C14H17NO4/c1-9(17)11-8-15(4-5-16)12-6-10(18-2)7-13(19-3)14(11)12/h6-8,16H,4-5H2,1-3H3. The molecule has 0 atom stereocenters. The number of ketones is 1. The summed E-state index contributed by atoms with van der Waals surface area (Å²) in [4.78, 5) is 11.7. The van der Waals surface area contributed by atoms with Crippen LogP contribution >= 0.6 is 0 Å². The van der Waals surface area contributed by atoms with Crippen molar-refractivity contribution >= 4 is 16.7 Å². The molecule has 0 aliphatic carbocycles. The second-order valence-electron chi connectivity index (χ2n) is 4.24. The minimum Gasteiger partial charge on any atom is -0.497 e. The van der Waals surface area contributed by atoms with E-state index in [2.05, 4.69) is 0 Å². The van der Waals surface area contributed by atoms with E-state index in [1.54, 1.807) is 26.5 Å². The molecule has 0 aliphatic rings. The summed E-state index contributed by atoms with van der Waals surface area (Å²) in [6, 6.07) is 3.58. The van der Waals surface area contributed by atoms with Crippen LogP contribution in [-0.2, 0) is 6.54 Å². The van der Waals surface area contributed by atoms with Gasteiger partial charge in [-0.15, -0.1) is 0 Å². The maximum absolute atomic E-state index is 11.7. The summed E-state index contributed by atoms with van der Waals surface area (Å²) in [7, 11) is 3.13. The molecule has 0 spiro atoms. The predicted octanol–water partition coefficient (Wildman–Crippen LogP) is 1.85. The van der Waals surface area contributed by atoms with E-state index >= 15 is 0 Å². The van der Waals surface area contributed by atoms with Gasteiger partial charge in [0.1, 0.15) is 11.5 Å². The third-order valence-corrected chi connectivity index (χ3v) is 3.09. The Hall–Kier alpha value is -2.01. The number of carbonyl (C=O) groups excluding carboxylic acids is 1. The zero-order valence-electron chi connectivity index (χ0n) is 11.3. The molecule has 0 fully saturated rings. The zero-order valence-corrected chi connectivity index (χ0v) is 11.3. The van der Waals surface area contributed by atoms with Gasteiger partial charge in [0.15, 0.2) is 5.78 Å². The van der Waals surface area contributed by atoms with Crippen molar-refractivity contribution in [2.24, 2.45) is 0 Å². The maximum atomic E-state index is 11.7. The minimum absolute atomic E-state index is 0.000645. The lowest BCUT2D eigenvalue weighted by Gasteiger charge is -2.08. The van der Waals surface area contributed by atoms with Gasteiger partial charge < -0.3 is 19.1 Å². The number of aromatic nitrogens is 1. The van der Waals surface area contributed by atoms with E-state index in [4.69, 9.17) is 14.6 Å². The number of hydrogen-bond acceptors (Lipinski definition) is 4. The summed E-state index contributed by atoms with van der Waals surface area (Å²) in [5.41, 5.74) is 1.40. The number of fused-ring (bicyclic) bond motifs is 1. The Morgan fingerprint density at radius 2 is 2.05 bits per heavy atom. The number of aliphatic hydroxyl groups is 1. The Kier molecular flexibility index (Phi) is 3.76. The first kappa shape index (κ1) is 13.4. The average Bonchev–Trinajstić information content (AvgIpc) is 2.77. The van der Waals surface area contributed by atoms with Gasteiger partial charge in [-0.1, -0.05) is 0 Å². The van der Waals surface area contributed by atoms with Crippen molar-refractivity contribution in [3.05, 3.63) is 23.9 Å². The number of nitrogens with zero attached hydrogens (tertiary/aromatic N) is 1. The quantitative estimate of drug-likeness (QED) is 0.836. The number of aliphatic hydroxyl groups excluding tert-OH is 1. The van der Waals surface area contributed by atoms with Crippen molar-refractivity contribution in [1.29, 1.82) is 0 Å². The number of carbonyl (C=O) groups is 1. The molecule has 2 aromatic rings. The molecule has 0 amide bonds. The van der Waals surface area contributed by atoms with E-state index in [9.17, 15) is 4.79 Å². The zero-order chi connectivity index (χ0) is 14.0. The van der Waals surface area contributed by atoms with Crippen LogP contribution in [0.4, 0.5) is 0 Å². The number of ether oxygens (including phenoxy) is 2. The van der Waals surface area contributed by atoms with Gasteiger partial charge in [-0.2, -0.15) is 0 Å². The highest BCUT2D eigenvalue weighted by Crippen LogP contribution is 2.35. The summed E-state index contributed by atoms with van der Waals surface area (Å²) in [5, 5.41) is 9.87. The summed E-state index contributed by atoms with van der Waals surface area (Å²) in [6.45, 7) is 1.93. The van der Waals surface area contributed by atoms with Crippen LogP contribution in [0, 0.1) is 0 Å². The molecule has 19 heavy (non-hydrogen) atoms. The molecular formula is C14H17NO4. The van der Waals surface area contributed by atoms with Gasteiger partial charge in [0.2, 0.25) is 0 Å². The van der Waals surface area contributed by atoms with Gasteiger partial charge in [0, 0.05) is 30.4 Å². The number of benzene rings is 1. The van der Waals surface area contributed by atoms with Crippen molar-refractivity contribution in [1.82, 2.24) is 4.57 Å². The molecule has 1 aromatic heterocycles. The van der Waals surface area contributed by atoms with Crippen LogP contribution in [0.15, 0.2) is 18.3 Å². The van der Waals surface area contributed by atoms with E-state index in [0.717, 1.165) is 10.9 Å². The lowest BCUT2D eigenvalue weighted by atomic mass is 10.1. The first-order valence-electron chi connectivity index (χ1n) is 5.99. The Morgan fingerprint density at radius 1 is 1.32 bits per heavy atom. The molecule has 0 radical (unpaired) electrons. The third kappa shape index (κ3) is 2.29. The normalized spacial score (nSPS) is 10.7. The van der Waals surface area contributed by atoms with E-state index in [-0.39, 0.29) is 12.4 Å². The summed E-state index contributed by atoms with van der Waals surface area (Å²) in [6.07, 6.45) is 1.74. The Balaban J connectivity index is 2.80. The molecule has 0 unspecified atom stereocenters. The van der Waals surface area contributed by atoms with Crippen molar-refractivity contribution < 1.29 is 19.4 Å². The van der Waals surface area contributed by atoms with Crippen molar-refractivity contribution in [3.63, 3.8) is 0 Å². The molecule has 0 aliphatic heterocycles. The number of methoxy groups -OCH3 is 2. The van der Waals surface area contributed by atoms with E-state index in [0.29, 0.717) is 23.6 Å². The lowest BCUT2D eigenvalue weighted by molar-refractivity contribution is 0.101. The molecule has 0 saturated carbocycles. The molecular weight excluding hydrogens is 246 g/mol. The first-order valence-corrected chi connectivity index (χ1v) is 5.99. The van der Waals surface area contributed by atoms with Crippen molar-refractivity contribution in [2.45, 2.75) is 13.5 Å². The minimum atomic E-state index is -0.0369. The van der Waals surface area contributed by atoms with Gasteiger partial charge in [-0.25, -0.2) is 0 Å². The first-order chi connectivity index (χ1) is 9.12. The van der Waals surface area contributed by atoms with Crippen LogP contribution in [-0.4, -0.2) is 36.3 Å². The summed E-state index contributed by atoms with van der Waals surface area (Å²) in [5.74, 6) is 1.21. The maximum Gasteiger partial charge on any atom is 0.162 e. The van der Waals surface area contributed by atoms with Crippen molar-refractivity contribution in [3.8, 4) is 11.5 Å². The van der Waals surface area contributed by atoms with Gasteiger partial charge >= 0.3 is 0 Å². The van der Waals surface area contributed by atoms with Crippen LogP contribution in [0.1, 0.15) is 17.3 Å². The molecule has 1 heterocycles. The average molecular weight is 263 g/mol. The SMILES string of the molecule is COc1cc(OC)c2c(C(C)=O)cn(CCO)c2c1. The Labute approximate surface area is 111 Å². The summed E-state index contributed by atoms with van der Waals surface area (Å²) < 4.78 is 12.4. The third-order valence-electron chi connectivity index (χ3n) is 3.09. The fraction of sp³-hybridized carbons (Fsp3) is 0.357. The molecule has 0 saturated heterocycles. The van der Waals surface area contributed by atoms with Crippen molar-refractivity contribution in [2.75, 3.05) is 20.8 Å². The van der Waals surface area contributed by atoms with Gasteiger partial charge in [0.25, 0.3) is 0 Å². The highest BCUT2D eigenvalue weighted by Gasteiger charge is 2.17. The fourth-order valence-electron chi connectivity index (χ4n) is 2.20. The van der Waals surface area contributed by atoms with Gasteiger partial charge in [0.05, 0.1) is 31.7 Å². The molecule has 1 N–H and O–H groups in total. The van der Waals surface area contributed by atoms with E-state index < -0.39 is 0 Å². The second kappa shape index (κ2) is 5.32. The smallest absolute Gasteiger partial charge is 0.162 e. The van der Waals surface area contributed by atoms with Gasteiger partial charge in [-0.3, -0.25) is 4.79 Å². The number of rotatable bonds is 5. The van der Waals surface area contributed by atoms with E-state index in [1.807, 2.05) is 10.6 Å². The molecule has 2 rings (SSSR count). The van der Waals surface area contributed by atoms with Crippen LogP contribution in [0.3, 0.4) is 0 Å². The fourth-order valence-corrected chi connectivity index (χ4v) is 2.20. The van der Waals surface area contributed by atoms with Crippen LogP contribution in [0.5, 0.6) is 11.5 Å². The highest BCUT2D eigenvalue weighted by atomic mass is 16.5. The highest BCUT2D eigenvalue weighted by molar-refractivity contribution is 6.09. The molecule has 102 valence electrons. The predicted molar refractivity (Wildman–Crippen MR) is 72.1 cm³/mol. The Morgan fingerprint density at radius 3 is 2.58 bits per heavy atom. The molecule has 1 aromatic carbocycles. The Bertz CT molecular complexity index is 615. The van der Waals surface area contributed by atoms with E-state index in [1.165, 1.54) is 6.92 Å².